The molecule has 100 valence electrons. The number of nitrogens with zero attached hydrogens (tertiary/aromatic N) is 4. The summed E-state index contributed by atoms with van der Waals surface area (Å²) in [5, 5.41) is 0.447. The molecule has 6 nitrogen and oxygen atoms in total. The number of fused-ring (bicyclic) bond motifs is 2. The highest BCUT2D eigenvalue weighted by Crippen LogP contribution is 2.70. The van der Waals surface area contributed by atoms with Gasteiger partial charge in [-0.15, -0.1) is 11.8 Å². The first-order chi connectivity index (χ1) is 9.15. The van der Waals surface area contributed by atoms with E-state index in [9.17, 15) is 0 Å². The summed E-state index contributed by atoms with van der Waals surface area (Å²) < 4.78 is 7.84. The third-order valence-electron chi connectivity index (χ3n) is 3.70. The molecule has 2 aromatic rings. The van der Waals surface area contributed by atoms with Crippen LogP contribution >= 0.6 is 24.4 Å². The number of imidazole rings is 1. The lowest BCUT2D eigenvalue weighted by Crippen LogP contribution is -2.20. The number of rotatable bonds is 2. The molecule has 19 heavy (non-hydrogen) atoms. The van der Waals surface area contributed by atoms with Crippen molar-refractivity contribution in [1.82, 2.24) is 19.5 Å². The highest BCUT2D eigenvalue weighted by molar-refractivity contribution is 8.20. The first-order valence-corrected chi connectivity index (χ1v) is 7.46. The van der Waals surface area contributed by atoms with E-state index < -0.39 is 0 Å². The van der Waals surface area contributed by atoms with Crippen LogP contribution in [0.4, 0.5) is 5.82 Å². The SMILES string of the molecule is CC[C@H]1O[C@@H](n2cnc3c(N)ncnc32)C2(S)SC12. The zero-order valence-electron chi connectivity index (χ0n) is 10.2. The molecule has 2 saturated heterocycles. The summed E-state index contributed by atoms with van der Waals surface area (Å²) in [5.41, 5.74) is 7.13. The van der Waals surface area contributed by atoms with Crippen molar-refractivity contribution in [3.8, 4) is 0 Å². The number of aromatic nitrogens is 4. The molecule has 2 aromatic heterocycles. The Kier molecular flexibility index (Phi) is 2.34. The van der Waals surface area contributed by atoms with Crippen LogP contribution in [0.15, 0.2) is 12.7 Å². The quantitative estimate of drug-likeness (QED) is 0.645. The number of nitrogen functional groups attached to an aromatic ring is 1. The van der Waals surface area contributed by atoms with E-state index in [0.29, 0.717) is 22.2 Å². The van der Waals surface area contributed by atoms with Gasteiger partial charge in [-0.05, 0) is 6.42 Å². The monoisotopic (exact) mass is 295 g/mol. The van der Waals surface area contributed by atoms with Gasteiger partial charge in [0, 0.05) is 0 Å². The third kappa shape index (κ3) is 1.47. The molecule has 2 fully saturated rings. The summed E-state index contributed by atoms with van der Waals surface area (Å²) >= 11 is 6.63. The number of thioether (sulfide) groups is 1. The molecule has 4 heterocycles. The van der Waals surface area contributed by atoms with Crippen LogP contribution in [0.5, 0.6) is 0 Å². The van der Waals surface area contributed by atoms with Crippen LogP contribution in [-0.2, 0) is 4.74 Å². The van der Waals surface area contributed by atoms with E-state index >= 15 is 0 Å². The maximum atomic E-state index is 6.09. The van der Waals surface area contributed by atoms with Gasteiger partial charge in [0.05, 0.1) is 17.7 Å². The average Bonchev–Trinajstić information content (AvgIpc) is 2.81. The predicted octanol–water partition coefficient (Wildman–Crippen LogP) is 1.46. The van der Waals surface area contributed by atoms with Gasteiger partial charge in [-0.1, -0.05) is 6.92 Å². The second kappa shape index (κ2) is 3.77. The Hall–Kier alpha value is -0.990. The second-order valence-electron chi connectivity index (χ2n) is 4.81. The molecule has 2 aliphatic heterocycles. The van der Waals surface area contributed by atoms with Crippen LogP contribution < -0.4 is 5.73 Å². The maximum Gasteiger partial charge on any atom is 0.167 e. The first kappa shape index (κ1) is 11.8. The van der Waals surface area contributed by atoms with Crippen LogP contribution in [0.25, 0.3) is 11.2 Å². The first-order valence-electron chi connectivity index (χ1n) is 6.13. The Morgan fingerprint density at radius 3 is 3.11 bits per heavy atom. The van der Waals surface area contributed by atoms with E-state index in [0.717, 1.165) is 6.42 Å². The van der Waals surface area contributed by atoms with Gasteiger partial charge >= 0.3 is 0 Å². The minimum atomic E-state index is -0.173. The fourth-order valence-electron chi connectivity index (χ4n) is 2.66. The predicted molar refractivity (Wildman–Crippen MR) is 77.0 cm³/mol. The van der Waals surface area contributed by atoms with Crippen LogP contribution in [0.1, 0.15) is 19.6 Å². The van der Waals surface area contributed by atoms with Crippen LogP contribution in [0, 0.1) is 0 Å². The lowest BCUT2D eigenvalue weighted by Gasteiger charge is -2.21. The summed E-state index contributed by atoms with van der Waals surface area (Å²) in [6.07, 6.45) is 4.23. The number of anilines is 1. The van der Waals surface area contributed by atoms with E-state index in [1.807, 2.05) is 16.3 Å². The average molecular weight is 295 g/mol. The second-order valence-corrected chi connectivity index (χ2v) is 7.27. The molecular weight excluding hydrogens is 282 g/mol. The highest BCUT2D eigenvalue weighted by atomic mass is 32.2. The molecule has 4 atom stereocenters. The molecule has 0 amide bonds. The Morgan fingerprint density at radius 1 is 1.53 bits per heavy atom. The van der Waals surface area contributed by atoms with Crippen molar-refractivity contribution in [2.75, 3.05) is 5.73 Å². The van der Waals surface area contributed by atoms with Crippen molar-refractivity contribution in [2.45, 2.75) is 35.0 Å². The number of nitrogens with two attached hydrogens (primary N) is 1. The molecule has 0 radical (unpaired) electrons. The number of hydrogen-bond donors (Lipinski definition) is 2. The van der Waals surface area contributed by atoms with Crippen LogP contribution in [-0.4, -0.2) is 35.0 Å². The summed E-state index contributed by atoms with van der Waals surface area (Å²) in [4.78, 5) is 12.5. The number of ether oxygens (including phenoxy) is 1. The molecular formula is C11H13N5OS2. The standard InChI is InChI=1S/C11H13N5OS2/c1-2-5-7-11(18,19-7)10(17-5)16-4-15-6-8(12)13-3-14-9(6)16/h3-5,7,10,18H,2H2,1H3,(H2,12,13,14)/t5-,7?,10-,11?/m1/s1. The van der Waals surface area contributed by atoms with Crippen molar-refractivity contribution >= 4 is 41.4 Å². The molecule has 8 heteroatoms. The van der Waals surface area contributed by atoms with Crippen molar-refractivity contribution in [3.05, 3.63) is 12.7 Å². The molecule has 0 saturated carbocycles. The Labute approximate surface area is 119 Å². The summed E-state index contributed by atoms with van der Waals surface area (Å²) in [6.45, 7) is 2.13. The van der Waals surface area contributed by atoms with Crippen molar-refractivity contribution < 1.29 is 4.74 Å². The van der Waals surface area contributed by atoms with Gasteiger partial charge < -0.3 is 10.5 Å². The Balaban J connectivity index is 1.82. The summed E-state index contributed by atoms with van der Waals surface area (Å²) in [7, 11) is 0. The van der Waals surface area contributed by atoms with E-state index in [1.165, 1.54) is 6.33 Å². The van der Waals surface area contributed by atoms with E-state index in [-0.39, 0.29) is 16.4 Å². The fraction of sp³-hybridized carbons (Fsp3) is 0.545. The van der Waals surface area contributed by atoms with Crippen LogP contribution in [0.3, 0.4) is 0 Å². The Bertz CT molecular complexity index is 662. The zero-order chi connectivity index (χ0) is 13.2. The van der Waals surface area contributed by atoms with Gasteiger partial charge in [0.15, 0.2) is 17.7 Å². The normalized spacial score (nSPS) is 36.6. The lowest BCUT2D eigenvalue weighted by atomic mass is 10.2. The van der Waals surface area contributed by atoms with Crippen molar-refractivity contribution in [3.63, 3.8) is 0 Å². The number of thiol groups is 1. The zero-order valence-corrected chi connectivity index (χ0v) is 11.9. The molecule has 0 aliphatic carbocycles. The molecule has 2 N–H and O–H groups in total. The third-order valence-corrected chi connectivity index (χ3v) is 6.20. The van der Waals surface area contributed by atoms with E-state index in [2.05, 4.69) is 21.9 Å². The van der Waals surface area contributed by atoms with Gasteiger partial charge in [-0.25, -0.2) is 15.0 Å². The van der Waals surface area contributed by atoms with E-state index in [1.54, 1.807) is 6.33 Å². The maximum absolute atomic E-state index is 6.09. The molecule has 0 bridgehead atoms. The van der Waals surface area contributed by atoms with Gasteiger partial charge in [0.1, 0.15) is 15.9 Å². The van der Waals surface area contributed by atoms with Gasteiger partial charge in [-0.3, -0.25) is 4.57 Å². The molecule has 4 rings (SSSR count). The Morgan fingerprint density at radius 2 is 2.37 bits per heavy atom. The molecule has 2 unspecified atom stereocenters. The van der Waals surface area contributed by atoms with Crippen molar-refractivity contribution in [2.24, 2.45) is 0 Å². The van der Waals surface area contributed by atoms with Crippen LogP contribution in [0.2, 0.25) is 0 Å². The van der Waals surface area contributed by atoms with Crippen molar-refractivity contribution in [1.29, 1.82) is 0 Å². The lowest BCUT2D eigenvalue weighted by molar-refractivity contribution is -0.000395. The van der Waals surface area contributed by atoms with Gasteiger partial charge in [0.2, 0.25) is 0 Å². The smallest absolute Gasteiger partial charge is 0.167 e. The fourth-order valence-corrected chi connectivity index (χ4v) is 4.65. The largest absolute Gasteiger partial charge is 0.382 e. The topological polar surface area (TPSA) is 78.9 Å². The summed E-state index contributed by atoms with van der Waals surface area (Å²) in [5.74, 6) is 0.391. The minimum Gasteiger partial charge on any atom is -0.382 e. The van der Waals surface area contributed by atoms with E-state index in [4.69, 9.17) is 23.1 Å². The summed E-state index contributed by atoms with van der Waals surface area (Å²) in [6, 6.07) is 0. The number of hydrogen-bond acceptors (Lipinski definition) is 7. The van der Waals surface area contributed by atoms with Gasteiger partial charge in [-0.2, -0.15) is 12.6 Å². The highest BCUT2D eigenvalue weighted by Gasteiger charge is 2.68. The molecule has 2 aliphatic rings. The minimum absolute atomic E-state index is 0.157. The molecule has 0 spiro atoms. The van der Waals surface area contributed by atoms with Gasteiger partial charge in [0.25, 0.3) is 0 Å². The molecule has 0 aromatic carbocycles.